The molecule has 6 heteroatoms. The van der Waals surface area contributed by atoms with Crippen molar-refractivity contribution in [2.75, 3.05) is 7.11 Å². The van der Waals surface area contributed by atoms with Crippen molar-refractivity contribution in [3.05, 3.63) is 33.1 Å². The summed E-state index contributed by atoms with van der Waals surface area (Å²) in [6.45, 7) is 5.73. The maximum atomic E-state index is 11.4. The van der Waals surface area contributed by atoms with Crippen LogP contribution in [0.5, 0.6) is 0 Å². The molecule has 0 aliphatic heterocycles. The second-order valence-electron chi connectivity index (χ2n) is 3.57. The Bertz CT molecular complexity index is 422. The first-order valence-corrected chi connectivity index (χ1v) is 5.46. The molecule has 0 amide bonds. The highest BCUT2D eigenvalue weighted by atomic mass is 16.5. The van der Waals surface area contributed by atoms with Crippen LogP contribution < -0.4 is 11.2 Å². The summed E-state index contributed by atoms with van der Waals surface area (Å²) in [4.78, 5) is 24.5. The zero-order valence-corrected chi connectivity index (χ0v) is 10.6. The number of aliphatic hydroxyl groups excluding tert-OH is 1. The van der Waals surface area contributed by atoms with Crippen LogP contribution in [0.4, 0.5) is 0 Å². The molecule has 2 N–H and O–H groups in total. The second kappa shape index (κ2) is 7.81. The van der Waals surface area contributed by atoms with Crippen LogP contribution in [-0.4, -0.2) is 27.9 Å². The van der Waals surface area contributed by atoms with E-state index >= 15 is 0 Å². The maximum Gasteiger partial charge on any atom is 0.330 e. The van der Waals surface area contributed by atoms with Gasteiger partial charge in [-0.15, -0.1) is 0 Å². The minimum Gasteiger partial charge on any atom is -0.400 e. The summed E-state index contributed by atoms with van der Waals surface area (Å²) in [7, 11) is 1.00. The van der Waals surface area contributed by atoms with Gasteiger partial charge in [0.2, 0.25) is 0 Å². The predicted molar refractivity (Wildman–Crippen MR) is 65.0 cm³/mol. The molecule has 1 rings (SSSR count). The Labute approximate surface area is 99.9 Å². The van der Waals surface area contributed by atoms with E-state index in [4.69, 9.17) is 9.84 Å². The van der Waals surface area contributed by atoms with Crippen molar-refractivity contribution in [2.24, 2.45) is 0 Å². The van der Waals surface area contributed by atoms with E-state index in [1.165, 1.54) is 16.8 Å². The quantitative estimate of drug-likeness (QED) is 0.806. The number of ether oxygens (including phenoxy) is 1. The molecule has 98 valence electrons. The third-order valence-corrected chi connectivity index (χ3v) is 1.94. The minimum absolute atomic E-state index is 0.0359. The largest absolute Gasteiger partial charge is 0.400 e. The van der Waals surface area contributed by atoms with Crippen LogP contribution in [0.2, 0.25) is 0 Å². The zero-order valence-electron chi connectivity index (χ0n) is 10.6. The third kappa shape index (κ3) is 4.97. The number of aromatic amines is 1. The van der Waals surface area contributed by atoms with Crippen molar-refractivity contribution in [1.82, 2.24) is 9.55 Å². The number of aliphatic hydroxyl groups is 1. The van der Waals surface area contributed by atoms with Crippen LogP contribution >= 0.6 is 0 Å². The topological polar surface area (TPSA) is 84.3 Å². The molecule has 1 heterocycles. The number of hydrogen-bond donors (Lipinski definition) is 2. The fraction of sp³-hybridized carbons (Fsp3) is 0.636. The van der Waals surface area contributed by atoms with Gasteiger partial charge in [0.25, 0.3) is 5.56 Å². The fourth-order valence-electron chi connectivity index (χ4n) is 1.33. The van der Waals surface area contributed by atoms with Crippen LogP contribution in [-0.2, 0) is 4.74 Å². The van der Waals surface area contributed by atoms with Gasteiger partial charge in [0.05, 0.1) is 6.10 Å². The minimum atomic E-state index is -0.435. The van der Waals surface area contributed by atoms with E-state index in [1.807, 2.05) is 20.8 Å². The molecule has 0 radical (unpaired) electrons. The van der Waals surface area contributed by atoms with Gasteiger partial charge in [0.15, 0.2) is 0 Å². The van der Waals surface area contributed by atoms with E-state index in [9.17, 15) is 9.59 Å². The zero-order chi connectivity index (χ0) is 13.4. The number of H-pyrrole nitrogens is 1. The average molecular weight is 244 g/mol. The lowest BCUT2D eigenvalue weighted by atomic mass is 10.4. The Balaban J connectivity index is 0.00000121. The summed E-state index contributed by atoms with van der Waals surface area (Å²) >= 11 is 0. The molecule has 6 nitrogen and oxygen atoms in total. The molecular weight excluding hydrogens is 224 g/mol. The van der Waals surface area contributed by atoms with Crippen molar-refractivity contribution >= 4 is 0 Å². The predicted octanol–water partition coefficient (Wildman–Crippen LogP) is 0.479. The highest BCUT2D eigenvalue weighted by Crippen LogP contribution is 2.11. The van der Waals surface area contributed by atoms with E-state index in [-0.39, 0.29) is 12.3 Å². The summed E-state index contributed by atoms with van der Waals surface area (Å²) in [5, 5.41) is 7.00. The molecular formula is C11H20N2O4. The highest BCUT2D eigenvalue weighted by Gasteiger charge is 2.12. The Morgan fingerprint density at radius 2 is 2.00 bits per heavy atom. The SMILES string of the molecule is CCC(OC(C)C)n1ccc(=O)[nH]c1=O.CO. The normalized spacial score (nSPS) is 11.9. The molecule has 0 bridgehead atoms. The smallest absolute Gasteiger partial charge is 0.330 e. The van der Waals surface area contributed by atoms with Gasteiger partial charge in [-0.05, 0) is 20.3 Å². The van der Waals surface area contributed by atoms with Crippen LogP contribution in [0.1, 0.15) is 33.4 Å². The summed E-state index contributed by atoms with van der Waals surface area (Å²) in [5.74, 6) is 0. The number of nitrogens with zero attached hydrogens (tertiary/aromatic N) is 1. The van der Waals surface area contributed by atoms with E-state index in [0.717, 1.165) is 7.11 Å². The van der Waals surface area contributed by atoms with Crippen molar-refractivity contribution < 1.29 is 9.84 Å². The molecule has 0 fully saturated rings. The molecule has 1 aromatic heterocycles. The van der Waals surface area contributed by atoms with Crippen LogP contribution in [0.25, 0.3) is 0 Å². The Morgan fingerprint density at radius 1 is 1.41 bits per heavy atom. The molecule has 0 saturated heterocycles. The molecule has 0 aromatic carbocycles. The summed E-state index contributed by atoms with van der Waals surface area (Å²) < 4.78 is 6.94. The average Bonchev–Trinajstić information content (AvgIpc) is 2.29. The van der Waals surface area contributed by atoms with Crippen molar-refractivity contribution in [3.8, 4) is 0 Å². The first kappa shape index (κ1) is 15.6. The van der Waals surface area contributed by atoms with E-state index in [0.29, 0.717) is 6.42 Å². The van der Waals surface area contributed by atoms with Crippen molar-refractivity contribution in [3.63, 3.8) is 0 Å². The highest BCUT2D eigenvalue weighted by molar-refractivity contribution is 4.83. The Hall–Kier alpha value is -1.40. The van der Waals surface area contributed by atoms with E-state index in [2.05, 4.69) is 4.98 Å². The lowest BCUT2D eigenvalue weighted by molar-refractivity contribution is -0.0418. The van der Waals surface area contributed by atoms with Crippen molar-refractivity contribution in [2.45, 2.75) is 39.5 Å². The third-order valence-electron chi connectivity index (χ3n) is 1.94. The maximum absolute atomic E-state index is 11.4. The number of nitrogens with one attached hydrogen (secondary N) is 1. The molecule has 0 aliphatic rings. The van der Waals surface area contributed by atoms with Gasteiger partial charge in [-0.1, -0.05) is 6.92 Å². The van der Waals surface area contributed by atoms with E-state index < -0.39 is 11.2 Å². The molecule has 17 heavy (non-hydrogen) atoms. The van der Waals surface area contributed by atoms with Gasteiger partial charge in [0.1, 0.15) is 6.23 Å². The Morgan fingerprint density at radius 3 is 2.41 bits per heavy atom. The van der Waals surface area contributed by atoms with E-state index in [1.54, 1.807) is 0 Å². The summed E-state index contributed by atoms with van der Waals surface area (Å²) in [6.07, 6.45) is 1.84. The first-order chi connectivity index (χ1) is 8.04. The lowest BCUT2D eigenvalue weighted by Gasteiger charge is -2.20. The number of aromatic nitrogens is 2. The molecule has 1 unspecified atom stereocenters. The van der Waals surface area contributed by atoms with Gasteiger partial charge in [0, 0.05) is 19.4 Å². The van der Waals surface area contributed by atoms with Gasteiger partial charge in [-0.3, -0.25) is 14.3 Å². The molecule has 1 aromatic rings. The monoisotopic (exact) mass is 244 g/mol. The lowest BCUT2D eigenvalue weighted by Crippen LogP contribution is -2.33. The molecule has 0 spiro atoms. The van der Waals surface area contributed by atoms with Crippen LogP contribution in [0, 0.1) is 0 Å². The molecule has 1 atom stereocenters. The number of hydrogen-bond acceptors (Lipinski definition) is 4. The second-order valence-corrected chi connectivity index (χ2v) is 3.57. The molecule has 0 aliphatic carbocycles. The Kier molecular flexibility index (Phi) is 7.16. The van der Waals surface area contributed by atoms with Gasteiger partial charge >= 0.3 is 5.69 Å². The summed E-state index contributed by atoms with van der Waals surface area (Å²) in [5.41, 5.74) is -0.828. The standard InChI is InChI=1S/C10H16N2O3.CH4O/c1-4-9(15-7(2)3)12-6-5-8(13)11-10(12)14;1-2/h5-7,9H,4H2,1-3H3,(H,11,13,14);2H,1H3. The number of rotatable bonds is 4. The first-order valence-electron chi connectivity index (χ1n) is 5.46. The van der Waals surface area contributed by atoms with Gasteiger partial charge in [-0.25, -0.2) is 4.79 Å². The van der Waals surface area contributed by atoms with Crippen LogP contribution in [0.15, 0.2) is 21.9 Å². The summed E-state index contributed by atoms with van der Waals surface area (Å²) in [6, 6.07) is 1.31. The van der Waals surface area contributed by atoms with Crippen molar-refractivity contribution in [1.29, 1.82) is 0 Å². The van der Waals surface area contributed by atoms with Gasteiger partial charge < -0.3 is 9.84 Å². The van der Waals surface area contributed by atoms with Crippen LogP contribution in [0.3, 0.4) is 0 Å². The van der Waals surface area contributed by atoms with Gasteiger partial charge in [-0.2, -0.15) is 0 Å². The molecule has 0 saturated carbocycles. The fourth-order valence-corrected chi connectivity index (χ4v) is 1.33.